The number of ketones is 1. The average molecular weight is 434 g/mol. The van der Waals surface area contributed by atoms with Gasteiger partial charge in [-0.15, -0.1) is 0 Å². The van der Waals surface area contributed by atoms with Gasteiger partial charge in [-0.2, -0.15) is 0 Å². The Kier molecular flexibility index (Phi) is 4.13. The summed E-state index contributed by atoms with van der Waals surface area (Å²) < 4.78 is 0.817. The van der Waals surface area contributed by atoms with Gasteiger partial charge in [0.15, 0.2) is 0 Å². The number of nitrogens with zero attached hydrogens (tertiary/aromatic N) is 2. The van der Waals surface area contributed by atoms with Gasteiger partial charge >= 0.3 is 0 Å². The van der Waals surface area contributed by atoms with E-state index in [1.807, 2.05) is 0 Å². The van der Waals surface area contributed by atoms with Gasteiger partial charge in [0.05, 0.1) is 5.69 Å². The second-order valence-corrected chi connectivity index (χ2v) is 7.16. The predicted octanol–water partition coefficient (Wildman–Crippen LogP) is 3.23. The Morgan fingerprint density at radius 1 is 1.04 bits per heavy atom. The van der Waals surface area contributed by atoms with Gasteiger partial charge in [-0.1, -0.05) is 32.7 Å². The van der Waals surface area contributed by atoms with Crippen molar-refractivity contribution in [3.63, 3.8) is 0 Å². The summed E-state index contributed by atoms with van der Waals surface area (Å²) in [5.74, 6) is -2.58. The molecule has 2 amide bonds. The number of hydrogen-bond acceptors (Lipinski definition) is 5. The standard InChI is InChI=1S/C18H10BrClN2O4/c19-10-3-7-12(8-4-10)22-17(24)13-14(21-26-16(13)18(22)25)15(23)9-1-5-11(20)6-2-9/h1-8,13,16H/t13-,16-/m1/s1. The van der Waals surface area contributed by atoms with E-state index in [4.69, 9.17) is 16.4 Å². The SMILES string of the molecule is O=C(C1=NO[C@H]2C(=O)N(c3ccc(Br)cc3)C(=O)[C@H]12)c1ccc(Cl)cc1. The molecule has 0 spiro atoms. The molecule has 130 valence electrons. The van der Waals surface area contributed by atoms with Crippen LogP contribution >= 0.6 is 27.5 Å². The lowest BCUT2D eigenvalue weighted by Crippen LogP contribution is -2.34. The van der Waals surface area contributed by atoms with Gasteiger partial charge < -0.3 is 4.84 Å². The maximum atomic E-state index is 12.8. The molecule has 26 heavy (non-hydrogen) atoms. The molecule has 6 nitrogen and oxygen atoms in total. The van der Waals surface area contributed by atoms with Gasteiger partial charge in [-0.25, -0.2) is 4.90 Å². The van der Waals surface area contributed by atoms with Crippen LogP contribution in [0.2, 0.25) is 5.02 Å². The van der Waals surface area contributed by atoms with E-state index in [0.717, 1.165) is 9.37 Å². The van der Waals surface area contributed by atoms with Gasteiger partial charge in [0.1, 0.15) is 11.6 Å². The average Bonchev–Trinajstić information content (AvgIpc) is 3.17. The first-order chi connectivity index (χ1) is 12.5. The molecule has 8 heteroatoms. The van der Waals surface area contributed by atoms with Crippen LogP contribution in [0.15, 0.2) is 58.2 Å². The summed E-state index contributed by atoms with van der Waals surface area (Å²) in [7, 11) is 0. The molecule has 0 aliphatic carbocycles. The lowest BCUT2D eigenvalue weighted by Gasteiger charge is -2.15. The van der Waals surface area contributed by atoms with Crippen LogP contribution in [0, 0.1) is 5.92 Å². The molecular formula is C18H10BrClN2O4. The molecule has 0 radical (unpaired) electrons. The van der Waals surface area contributed by atoms with Crippen molar-refractivity contribution in [1.29, 1.82) is 0 Å². The molecule has 0 saturated carbocycles. The quantitative estimate of drug-likeness (QED) is 0.550. The number of imide groups is 1. The second-order valence-electron chi connectivity index (χ2n) is 5.80. The number of Topliss-reactive ketones (excluding diaryl/α,β-unsaturated/α-hetero) is 1. The highest BCUT2D eigenvalue weighted by molar-refractivity contribution is 9.10. The van der Waals surface area contributed by atoms with Gasteiger partial charge in [0.2, 0.25) is 17.8 Å². The smallest absolute Gasteiger partial charge is 0.278 e. The Morgan fingerprint density at radius 2 is 1.69 bits per heavy atom. The normalized spacial score (nSPS) is 21.5. The Morgan fingerprint density at radius 3 is 2.35 bits per heavy atom. The van der Waals surface area contributed by atoms with Crippen molar-refractivity contribution in [2.75, 3.05) is 4.90 Å². The van der Waals surface area contributed by atoms with E-state index < -0.39 is 29.6 Å². The first-order valence-electron chi connectivity index (χ1n) is 7.65. The van der Waals surface area contributed by atoms with Gasteiger partial charge in [0, 0.05) is 15.1 Å². The highest BCUT2D eigenvalue weighted by Gasteiger charge is 2.57. The van der Waals surface area contributed by atoms with Crippen molar-refractivity contribution < 1.29 is 19.2 Å². The van der Waals surface area contributed by atoms with E-state index in [-0.39, 0.29) is 5.71 Å². The minimum Gasteiger partial charge on any atom is -0.381 e. The summed E-state index contributed by atoms with van der Waals surface area (Å²) in [5, 5.41) is 4.20. The van der Waals surface area contributed by atoms with Crippen molar-refractivity contribution in [2.45, 2.75) is 6.10 Å². The fourth-order valence-corrected chi connectivity index (χ4v) is 3.35. The predicted molar refractivity (Wildman–Crippen MR) is 98.2 cm³/mol. The van der Waals surface area contributed by atoms with Crippen LogP contribution in [0.3, 0.4) is 0 Å². The zero-order valence-corrected chi connectivity index (χ0v) is 15.4. The molecule has 4 rings (SSSR count). The monoisotopic (exact) mass is 432 g/mol. The van der Waals surface area contributed by atoms with Crippen LogP contribution < -0.4 is 4.90 Å². The molecule has 1 fully saturated rings. The summed E-state index contributed by atoms with van der Waals surface area (Å²) >= 11 is 9.14. The van der Waals surface area contributed by atoms with Crippen molar-refractivity contribution in [3.8, 4) is 0 Å². The summed E-state index contributed by atoms with van der Waals surface area (Å²) in [6.07, 6.45) is -1.11. The molecule has 0 bridgehead atoms. The Hall–Kier alpha value is -2.51. The van der Waals surface area contributed by atoms with Crippen LogP contribution in [0.4, 0.5) is 5.69 Å². The maximum Gasteiger partial charge on any atom is 0.278 e. The van der Waals surface area contributed by atoms with E-state index in [2.05, 4.69) is 21.1 Å². The van der Waals surface area contributed by atoms with Crippen LogP contribution in [-0.2, 0) is 14.4 Å². The number of anilines is 1. The third kappa shape index (κ3) is 2.64. The molecule has 0 aromatic heterocycles. The lowest BCUT2D eigenvalue weighted by molar-refractivity contribution is -0.126. The first-order valence-corrected chi connectivity index (χ1v) is 8.82. The van der Waals surface area contributed by atoms with Gasteiger partial charge in [-0.3, -0.25) is 14.4 Å². The highest BCUT2D eigenvalue weighted by atomic mass is 79.9. The summed E-state index contributed by atoms with van der Waals surface area (Å²) in [6, 6.07) is 12.9. The van der Waals surface area contributed by atoms with Crippen LogP contribution in [-0.4, -0.2) is 29.4 Å². The van der Waals surface area contributed by atoms with Crippen LogP contribution in [0.5, 0.6) is 0 Å². The molecule has 2 aromatic rings. The molecule has 2 atom stereocenters. The minimum absolute atomic E-state index is 0.0738. The van der Waals surface area contributed by atoms with Crippen molar-refractivity contribution in [2.24, 2.45) is 11.1 Å². The third-order valence-corrected chi connectivity index (χ3v) is 5.02. The lowest BCUT2D eigenvalue weighted by atomic mass is 9.93. The molecule has 0 N–H and O–H groups in total. The van der Waals surface area contributed by atoms with E-state index in [0.29, 0.717) is 16.3 Å². The Bertz CT molecular complexity index is 956. The molecule has 1 saturated heterocycles. The largest absolute Gasteiger partial charge is 0.381 e. The van der Waals surface area contributed by atoms with E-state index in [9.17, 15) is 14.4 Å². The van der Waals surface area contributed by atoms with Crippen molar-refractivity contribution in [3.05, 3.63) is 63.6 Å². The molecular weight excluding hydrogens is 424 g/mol. The number of carbonyl (C=O) groups excluding carboxylic acids is 3. The number of halogens is 2. The van der Waals surface area contributed by atoms with Gasteiger partial charge in [-0.05, 0) is 48.5 Å². The number of benzene rings is 2. The van der Waals surface area contributed by atoms with Crippen molar-refractivity contribution >= 4 is 56.5 Å². The number of carbonyl (C=O) groups is 3. The first kappa shape index (κ1) is 16.9. The molecule has 0 unspecified atom stereocenters. The van der Waals surface area contributed by atoms with Crippen molar-refractivity contribution in [1.82, 2.24) is 0 Å². The van der Waals surface area contributed by atoms with E-state index in [1.54, 1.807) is 36.4 Å². The number of rotatable bonds is 3. The summed E-state index contributed by atoms with van der Waals surface area (Å²) in [4.78, 5) is 44.3. The topological polar surface area (TPSA) is 76.0 Å². The van der Waals surface area contributed by atoms with E-state index >= 15 is 0 Å². The summed E-state index contributed by atoms with van der Waals surface area (Å²) in [5.41, 5.74) is 0.662. The van der Waals surface area contributed by atoms with Gasteiger partial charge in [0.25, 0.3) is 5.91 Å². The number of amides is 2. The Labute approximate surface area is 161 Å². The number of oxime groups is 1. The maximum absolute atomic E-state index is 12.8. The zero-order valence-electron chi connectivity index (χ0n) is 13.1. The Balaban J connectivity index is 1.65. The minimum atomic E-state index is -1.11. The highest BCUT2D eigenvalue weighted by Crippen LogP contribution is 2.34. The fourth-order valence-electron chi connectivity index (χ4n) is 2.96. The molecule has 2 aromatic carbocycles. The third-order valence-electron chi connectivity index (χ3n) is 4.24. The molecule has 2 heterocycles. The summed E-state index contributed by atoms with van der Waals surface area (Å²) in [6.45, 7) is 0. The van der Waals surface area contributed by atoms with Crippen LogP contribution in [0.25, 0.3) is 0 Å². The van der Waals surface area contributed by atoms with E-state index in [1.165, 1.54) is 12.1 Å². The molecule has 2 aliphatic rings. The zero-order chi connectivity index (χ0) is 18.4. The molecule has 2 aliphatic heterocycles. The second kappa shape index (κ2) is 6.34. The van der Waals surface area contributed by atoms with Crippen LogP contribution in [0.1, 0.15) is 10.4 Å². The number of fused-ring (bicyclic) bond motifs is 1. The fraction of sp³-hybridized carbons (Fsp3) is 0.111. The number of hydrogen-bond donors (Lipinski definition) is 0.